The van der Waals surface area contributed by atoms with E-state index < -0.39 is 364 Å². The molecule has 46 atom stereocenters. The van der Waals surface area contributed by atoms with Crippen LogP contribution in [0.15, 0.2) is 0 Å². The van der Waals surface area contributed by atoms with Gasteiger partial charge in [-0.25, -0.2) is 4.79 Å². The number of carbonyl (C=O) groups excluding carboxylic acids is 4. The fraction of sp³-hybridized carbons (Fsp3) is 0.923. The lowest BCUT2D eigenvalue weighted by Crippen LogP contribution is -2.71. The van der Waals surface area contributed by atoms with Crippen molar-refractivity contribution >= 4 is 29.6 Å². The lowest BCUT2D eigenvalue weighted by atomic mass is 9.88. The Morgan fingerprint density at radius 3 is 1.22 bits per heavy atom. The number of hydrogen-bond donors (Lipinski definition) is 29. The van der Waals surface area contributed by atoms with Gasteiger partial charge in [0.15, 0.2) is 50.3 Å². The van der Waals surface area contributed by atoms with Crippen molar-refractivity contribution in [3.63, 3.8) is 0 Å². The molecule has 670 valence electrons. The summed E-state index contributed by atoms with van der Waals surface area (Å²) in [5.41, 5.74) is 0. The Labute approximate surface area is 657 Å². The molecule has 4 amide bonds. The molecule has 0 aliphatic carbocycles. The predicted octanol–water partition coefficient (Wildman–Crippen LogP) is -18.8. The summed E-state index contributed by atoms with van der Waals surface area (Å²) in [7, 11) is 0. The molecule has 116 heavy (non-hydrogen) atoms. The zero-order chi connectivity index (χ0) is 85.9. The third-order valence-electron chi connectivity index (χ3n) is 21.3. The highest BCUT2D eigenvalue weighted by atomic mass is 16.8. The summed E-state index contributed by atoms with van der Waals surface area (Å²) in [5.74, 6) is -9.14. The Morgan fingerprint density at radius 2 is 0.724 bits per heavy atom. The first-order valence-corrected chi connectivity index (χ1v) is 37.0. The maximum Gasteiger partial charge on any atom is 0.364 e. The van der Waals surface area contributed by atoms with Crippen molar-refractivity contribution in [2.75, 3.05) is 46.2 Å². The third-order valence-corrected chi connectivity index (χ3v) is 21.3. The van der Waals surface area contributed by atoms with Crippen LogP contribution >= 0.6 is 0 Å². The maximum atomic E-state index is 13.4. The number of carbonyl (C=O) groups is 5. The standard InChI is InChI=1S/C65H108N4O47/c1-15-33(81)43(91)46(94)59(102-15)114-54-52(112-58-32(69-20(6)78)50(38(86)25(11-73)106-58)110-61-48(96)45(93)37(85)24(10-72)107-61)39(87)26(12-74)108-62(54)113-53-41(89)27(13-100-57-30(67-18(4)76)42(90)36(84)23(9-71)105-57)109-63(55(53)115-60-47(95)44(92)34(82)16(2)103-60)111-49-31(68-19(5)77)56(97)104-28(40(49)88)14-101-65(64(98)99)7-21(79)29(66-17(3)75)51(116-65)35(83)22(80)8-70/h15-16,21-63,70-74,79-97H,7-14H2,1-6H3,(H,66,75)(H,67,76)(H,68,77)(H,69,78)(H,98,99)/t15-,16-,21-,22+,23+,24+,25+,26+,27+,28+,29+,30+,31+,32+,33+,34+,35+,36+,37-,38-,39-,40-,41-,42+,43+,44+,45-,46-,47-,48+,49+,50+,51+,52-,53-,54+,55+,56?,57+,58+,59-,60-,61+,62-,63-,65+/m0/s1. The van der Waals surface area contributed by atoms with Crippen LogP contribution in [-0.4, -0.2) is 485 Å². The van der Waals surface area contributed by atoms with E-state index in [1.807, 2.05) is 0 Å². The molecule has 9 aliphatic heterocycles. The van der Waals surface area contributed by atoms with Gasteiger partial charge in [-0.15, -0.1) is 0 Å². The molecule has 9 rings (SSSR count). The molecule has 0 aromatic rings. The molecule has 51 heteroatoms. The molecule has 29 N–H and O–H groups in total. The monoisotopic (exact) mass is 1700 g/mol. The number of nitrogens with one attached hydrogen (secondary N) is 4. The van der Waals surface area contributed by atoms with Crippen LogP contribution in [0.2, 0.25) is 0 Å². The molecule has 0 aromatic heterocycles. The van der Waals surface area contributed by atoms with E-state index >= 15 is 0 Å². The molecule has 9 heterocycles. The molecule has 9 saturated heterocycles. The summed E-state index contributed by atoms with van der Waals surface area (Å²) >= 11 is 0. The zero-order valence-corrected chi connectivity index (χ0v) is 62.8. The van der Waals surface area contributed by atoms with Crippen molar-refractivity contribution in [3.05, 3.63) is 0 Å². The van der Waals surface area contributed by atoms with Crippen LogP contribution in [0.4, 0.5) is 0 Å². The Bertz CT molecular complexity index is 3170. The highest BCUT2D eigenvalue weighted by molar-refractivity contribution is 5.77. The van der Waals surface area contributed by atoms with E-state index in [0.29, 0.717) is 0 Å². The van der Waals surface area contributed by atoms with Crippen molar-refractivity contribution in [1.82, 2.24) is 21.3 Å². The quantitative estimate of drug-likeness (QED) is 0.0318. The number of hydrogen-bond acceptors (Lipinski definition) is 46. The topological polar surface area (TPSA) is 796 Å². The van der Waals surface area contributed by atoms with Crippen LogP contribution in [0.25, 0.3) is 0 Å². The van der Waals surface area contributed by atoms with E-state index in [2.05, 4.69) is 21.3 Å². The minimum Gasteiger partial charge on any atom is -0.477 e. The number of ether oxygens (including phenoxy) is 17. The van der Waals surface area contributed by atoms with E-state index in [1.165, 1.54) is 6.92 Å². The fourth-order valence-electron chi connectivity index (χ4n) is 14.9. The zero-order valence-electron chi connectivity index (χ0n) is 62.8. The van der Waals surface area contributed by atoms with Crippen LogP contribution in [0, 0.1) is 0 Å². The summed E-state index contributed by atoms with van der Waals surface area (Å²) in [5, 5.41) is 290. The van der Waals surface area contributed by atoms with Gasteiger partial charge in [0, 0.05) is 34.1 Å². The number of carboxylic acid groups (broad SMARTS) is 1. The van der Waals surface area contributed by atoms with Crippen molar-refractivity contribution in [3.8, 4) is 0 Å². The minimum absolute atomic E-state index is 0.876. The number of aliphatic hydroxyl groups excluding tert-OH is 24. The van der Waals surface area contributed by atoms with Crippen molar-refractivity contribution in [2.45, 2.75) is 330 Å². The number of aliphatic carboxylic acids is 1. The van der Waals surface area contributed by atoms with Crippen molar-refractivity contribution in [1.29, 1.82) is 0 Å². The Hall–Kier alpha value is -4.29. The van der Waals surface area contributed by atoms with Gasteiger partial charge in [-0.1, -0.05) is 0 Å². The summed E-state index contributed by atoms with van der Waals surface area (Å²) in [4.78, 5) is 65.0. The number of aliphatic hydroxyl groups is 24. The van der Waals surface area contributed by atoms with Gasteiger partial charge in [0.25, 0.3) is 5.79 Å². The van der Waals surface area contributed by atoms with Crippen molar-refractivity contribution < 1.29 is 232 Å². The SMILES string of the molecule is CC(=O)N[C@H]1[C@H](OC[C@H]2O[C@@H](O[C@H]3[C@@H](O)[C@@H](CO[C@]4(C(=O)O)C[C@H](O)[C@@H](NC(C)=O)[C@H]([C@H](O)[C@H](O)CO)O4)OC(O)[C@@H]3NC(C)=O)[C@H](O[C@@H]3O[C@@H](C)[C@@H](O)[C@@H](O)[C@@H]3O)[C@@H](O[C@@H]3O[C@H](CO)[C@H](O)[C@H](O[C@H]4O[C@H](CO)[C@H](O)[C@H](O[C@H]5O[C@H](CO)[C@H](O)[C@H](O)[C@H]5O)[C@H]4NC(C)=O)[C@H]3O[C@@H]3O[C@@H](C)[C@@H](O)[C@@H](O)[C@@H]3O)[C@H]2O)O[C@H](CO)[C@@H](O)[C@@H]1O. The van der Waals surface area contributed by atoms with Gasteiger partial charge >= 0.3 is 5.97 Å². The lowest BCUT2D eigenvalue weighted by molar-refractivity contribution is -0.418. The Kier molecular flexibility index (Phi) is 33.6. The van der Waals surface area contributed by atoms with Crippen LogP contribution in [0.1, 0.15) is 48.0 Å². The second-order valence-corrected chi connectivity index (χ2v) is 29.6. The van der Waals surface area contributed by atoms with Crippen LogP contribution in [0.5, 0.6) is 0 Å². The first-order valence-electron chi connectivity index (χ1n) is 37.0. The predicted molar refractivity (Wildman–Crippen MR) is 358 cm³/mol. The molecule has 1 unspecified atom stereocenters. The van der Waals surface area contributed by atoms with Crippen LogP contribution < -0.4 is 21.3 Å². The molecule has 0 bridgehead atoms. The minimum atomic E-state index is -3.21. The molecule has 51 nitrogen and oxygen atoms in total. The smallest absolute Gasteiger partial charge is 0.364 e. The van der Waals surface area contributed by atoms with Gasteiger partial charge in [-0.3, -0.25) is 19.2 Å². The number of amides is 4. The fourth-order valence-corrected chi connectivity index (χ4v) is 14.9. The van der Waals surface area contributed by atoms with Gasteiger partial charge in [-0.2, -0.15) is 0 Å². The van der Waals surface area contributed by atoms with Gasteiger partial charge in [-0.05, 0) is 13.8 Å². The third kappa shape index (κ3) is 21.0. The first-order chi connectivity index (χ1) is 54.6. The molecule has 0 aromatic carbocycles. The second-order valence-electron chi connectivity index (χ2n) is 29.6. The lowest BCUT2D eigenvalue weighted by Gasteiger charge is -2.53. The molecule has 0 saturated carbocycles. The highest BCUT2D eigenvalue weighted by Crippen LogP contribution is 2.42. The molecule has 9 fully saturated rings. The van der Waals surface area contributed by atoms with Gasteiger partial charge < -0.3 is 229 Å². The normalized spacial score (nSPS) is 48.2. The summed E-state index contributed by atoms with van der Waals surface area (Å²) < 4.78 is 103. The summed E-state index contributed by atoms with van der Waals surface area (Å²) in [6.07, 6.45) is -91.2. The first kappa shape index (κ1) is 95.5. The molecule has 0 radical (unpaired) electrons. The van der Waals surface area contributed by atoms with Gasteiger partial charge in [0.05, 0.1) is 70.6 Å². The number of rotatable bonds is 30. The molecular formula is C65H108N4O47. The molecule has 9 aliphatic rings. The largest absolute Gasteiger partial charge is 0.477 e. The maximum absolute atomic E-state index is 13.4. The summed E-state index contributed by atoms with van der Waals surface area (Å²) in [6.45, 7) is -2.28. The highest BCUT2D eigenvalue weighted by Gasteiger charge is 2.63. The van der Waals surface area contributed by atoms with E-state index in [1.54, 1.807) is 0 Å². The van der Waals surface area contributed by atoms with E-state index in [9.17, 15) is 152 Å². The Balaban J connectivity index is 1.19. The van der Waals surface area contributed by atoms with E-state index in [0.717, 1.165) is 34.6 Å². The van der Waals surface area contributed by atoms with Crippen molar-refractivity contribution in [2.24, 2.45) is 0 Å². The van der Waals surface area contributed by atoms with Gasteiger partial charge in [0.2, 0.25) is 23.6 Å². The number of carboxylic acids is 1. The summed E-state index contributed by atoms with van der Waals surface area (Å²) in [6, 6.07) is -7.68. The molecule has 0 spiro atoms. The average molecular weight is 1700 g/mol. The second kappa shape index (κ2) is 40.8. The van der Waals surface area contributed by atoms with Crippen LogP contribution in [0.3, 0.4) is 0 Å². The molecular weight excluding hydrogens is 1590 g/mol. The Morgan fingerprint density at radius 1 is 0.371 bits per heavy atom. The average Bonchev–Trinajstić information content (AvgIpc) is 0.759. The van der Waals surface area contributed by atoms with E-state index in [-0.39, 0.29) is 0 Å². The van der Waals surface area contributed by atoms with E-state index in [4.69, 9.17) is 80.5 Å². The van der Waals surface area contributed by atoms with Crippen LogP contribution in [-0.2, 0) is 104 Å². The van der Waals surface area contributed by atoms with Gasteiger partial charge in [0.1, 0.15) is 201 Å².